The highest BCUT2D eigenvalue weighted by Crippen LogP contribution is 2.23. The first kappa shape index (κ1) is 19.2. The number of amides is 4. The molecular weight excluding hydrogens is 389 g/mol. The second-order valence-electron chi connectivity index (χ2n) is 6.07. The number of anilines is 1. The molecule has 1 unspecified atom stereocenters. The fourth-order valence-corrected chi connectivity index (χ4v) is 3.33. The monoisotopic (exact) mass is 405 g/mol. The van der Waals surface area contributed by atoms with E-state index in [0.717, 1.165) is 4.90 Å². The second kappa shape index (κ2) is 8.41. The Hall–Kier alpha value is -2.57. The van der Waals surface area contributed by atoms with E-state index in [1.807, 2.05) is 6.07 Å². The maximum absolute atomic E-state index is 12.6. The topological polar surface area (TPSA) is 78.5 Å². The van der Waals surface area contributed by atoms with Crippen LogP contribution < -0.4 is 10.6 Å². The van der Waals surface area contributed by atoms with Gasteiger partial charge in [-0.3, -0.25) is 14.5 Å². The molecule has 4 amide bonds. The largest absolute Gasteiger partial charge is 0.350 e. The number of carbonyl (C=O) groups is 3. The Kier molecular flexibility index (Phi) is 5.98. The van der Waals surface area contributed by atoms with Crippen LogP contribution in [0.1, 0.15) is 18.4 Å². The van der Waals surface area contributed by atoms with Crippen molar-refractivity contribution in [3.05, 3.63) is 64.1 Å². The van der Waals surface area contributed by atoms with Crippen LogP contribution >= 0.6 is 23.2 Å². The molecular formula is C19H17Cl2N3O3. The van der Waals surface area contributed by atoms with Gasteiger partial charge in [-0.15, -0.1) is 0 Å². The highest BCUT2D eigenvalue weighted by molar-refractivity contribution is 6.35. The van der Waals surface area contributed by atoms with Gasteiger partial charge in [0.2, 0.25) is 11.8 Å². The normalized spacial score (nSPS) is 16.3. The number of urea groups is 1. The summed E-state index contributed by atoms with van der Waals surface area (Å²) in [5.74, 6) is -0.789. The summed E-state index contributed by atoms with van der Waals surface area (Å²) < 4.78 is 0. The van der Waals surface area contributed by atoms with Gasteiger partial charge in [0, 0.05) is 28.7 Å². The summed E-state index contributed by atoms with van der Waals surface area (Å²) in [5, 5.41) is 6.30. The molecule has 0 radical (unpaired) electrons. The first-order valence-electron chi connectivity index (χ1n) is 8.35. The van der Waals surface area contributed by atoms with Gasteiger partial charge in [-0.1, -0.05) is 47.5 Å². The number of para-hydroxylation sites is 1. The number of carbonyl (C=O) groups excluding carboxylic acids is 3. The smallest absolute Gasteiger partial charge is 0.329 e. The van der Waals surface area contributed by atoms with Crippen molar-refractivity contribution in [2.24, 2.45) is 0 Å². The third kappa shape index (κ3) is 4.59. The number of halogens is 2. The summed E-state index contributed by atoms with van der Waals surface area (Å²) in [6.07, 6.45) is 0.420. The molecule has 27 heavy (non-hydrogen) atoms. The standard InChI is InChI=1S/C19H17Cl2N3O3/c20-13-7-6-12(15(21)10-13)11-22-18(26)16-8-9-17(25)24(16)19(27)23-14-4-2-1-3-5-14/h1-7,10,16H,8-9,11H2,(H,22,26)(H,23,27). The van der Waals surface area contributed by atoms with E-state index in [2.05, 4.69) is 10.6 Å². The first-order valence-corrected chi connectivity index (χ1v) is 9.11. The Labute approximate surface area is 166 Å². The quantitative estimate of drug-likeness (QED) is 0.810. The van der Waals surface area contributed by atoms with Crippen molar-refractivity contribution in [1.82, 2.24) is 10.2 Å². The summed E-state index contributed by atoms with van der Waals surface area (Å²) in [6, 6.07) is 12.3. The number of hydrogen-bond donors (Lipinski definition) is 2. The van der Waals surface area contributed by atoms with Gasteiger partial charge < -0.3 is 10.6 Å². The van der Waals surface area contributed by atoms with Gasteiger partial charge >= 0.3 is 6.03 Å². The molecule has 0 spiro atoms. The van der Waals surface area contributed by atoms with Crippen molar-refractivity contribution < 1.29 is 14.4 Å². The number of imide groups is 1. The fourth-order valence-electron chi connectivity index (χ4n) is 2.86. The molecule has 1 atom stereocenters. The number of hydrogen-bond acceptors (Lipinski definition) is 3. The predicted octanol–water partition coefficient (Wildman–Crippen LogP) is 3.83. The van der Waals surface area contributed by atoms with Gasteiger partial charge in [-0.05, 0) is 36.2 Å². The van der Waals surface area contributed by atoms with Crippen LogP contribution in [0, 0.1) is 0 Å². The lowest BCUT2D eigenvalue weighted by atomic mass is 10.2. The molecule has 0 bridgehead atoms. The molecule has 8 heteroatoms. The zero-order valence-corrected chi connectivity index (χ0v) is 15.8. The number of likely N-dealkylation sites (tertiary alicyclic amines) is 1. The van der Waals surface area contributed by atoms with Gasteiger partial charge in [-0.2, -0.15) is 0 Å². The average molecular weight is 406 g/mol. The van der Waals surface area contributed by atoms with Crippen LogP contribution in [0.3, 0.4) is 0 Å². The Morgan fingerprint density at radius 2 is 1.85 bits per heavy atom. The molecule has 140 valence electrons. The van der Waals surface area contributed by atoms with E-state index in [1.54, 1.807) is 42.5 Å². The molecule has 2 N–H and O–H groups in total. The summed E-state index contributed by atoms with van der Waals surface area (Å²) >= 11 is 12.0. The van der Waals surface area contributed by atoms with E-state index in [0.29, 0.717) is 21.3 Å². The minimum absolute atomic E-state index is 0.141. The highest BCUT2D eigenvalue weighted by Gasteiger charge is 2.40. The Bertz CT molecular complexity index is 874. The maximum atomic E-state index is 12.6. The minimum Gasteiger partial charge on any atom is -0.350 e. The molecule has 1 fully saturated rings. The van der Waals surface area contributed by atoms with E-state index in [-0.39, 0.29) is 25.3 Å². The molecule has 1 saturated heterocycles. The van der Waals surface area contributed by atoms with Crippen molar-refractivity contribution >= 4 is 46.7 Å². The van der Waals surface area contributed by atoms with E-state index in [1.165, 1.54) is 0 Å². The van der Waals surface area contributed by atoms with Gasteiger partial charge in [-0.25, -0.2) is 4.79 Å². The highest BCUT2D eigenvalue weighted by atomic mass is 35.5. The van der Waals surface area contributed by atoms with Crippen LogP contribution in [-0.4, -0.2) is 28.8 Å². The Morgan fingerprint density at radius 3 is 2.56 bits per heavy atom. The molecule has 0 aromatic heterocycles. The van der Waals surface area contributed by atoms with Crippen LogP contribution in [-0.2, 0) is 16.1 Å². The van der Waals surface area contributed by atoms with Crippen LogP contribution in [0.2, 0.25) is 10.0 Å². The first-order chi connectivity index (χ1) is 13.0. The predicted molar refractivity (Wildman–Crippen MR) is 104 cm³/mol. The van der Waals surface area contributed by atoms with Crippen LogP contribution in [0.15, 0.2) is 48.5 Å². The van der Waals surface area contributed by atoms with Crippen molar-refractivity contribution in [1.29, 1.82) is 0 Å². The molecule has 1 heterocycles. The fraction of sp³-hybridized carbons (Fsp3) is 0.211. The molecule has 3 rings (SSSR count). The van der Waals surface area contributed by atoms with Crippen molar-refractivity contribution in [2.45, 2.75) is 25.4 Å². The molecule has 0 saturated carbocycles. The van der Waals surface area contributed by atoms with E-state index >= 15 is 0 Å². The lowest BCUT2D eigenvalue weighted by Crippen LogP contribution is -2.49. The van der Waals surface area contributed by atoms with Gasteiger partial charge in [0.05, 0.1) is 0 Å². The average Bonchev–Trinajstić information content (AvgIpc) is 3.03. The summed E-state index contributed by atoms with van der Waals surface area (Å²) in [4.78, 5) is 38.2. The number of nitrogens with one attached hydrogen (secondary N) is 2. The molecule has 0 aliphatic carbocycles. The number of nitrogens with zero attached hydrogens (tertiary/aromatic N) is 1. The molecule has 1 aliphatic rings. The van der Waals surface area contributed by atoms with Gasteiger partial charge in [0.15, 0.2) is 0 Å². The number of benzene rings is 2. The zero-order chi connectivity index (χ0) is 19.4. The minimum atomic E-state index is -0.854. The van der Waals surface area contributed by atoms with Crippen LogP contribution in [0.4, 0.5) is 10.5 Å². The molecule has 6 nitrogen and oxygen atoms in total. The zero-order valence-electron chi connectivity index (χ0n) is 14.2. The summed E-state index contributed by atoms with van der Waals surface area (Å²) in [5.41, 5.74) is 1.24. The van der Waals surface area contributed by atoms with Gasteiger partial charge in [0.25, 0.3) is 0 Å². The van der Waals surface area contributed by atoms with Crippen molar-refractivity contribution in [2.75, 3.05) is 5.32 Å². The second-order valence-corrected chi connectivity index (χ2v) is 6.91. The molecule has 1 aliphatic heterocycles. The van der Waals surface area contributed by atoms with E-state index < -0.39 is 18.0 Å². The summed E-state index contributed by atoms with van der Waals surface area (Å²) in [7, 11) is 0. The third-order valence-corrected chi connectivity index (χ3v) is 4.81. The maximum Gasteiger partial charge on any atom is 0.329 e. The molecule has 2 aromatic rings. The van der Waals surface area contributed by atoms with Gasteiger partial charge in [0.1, 0.15) is 6.04 Å². The van der Waals surface area contributed by atoms with E-state index in [9.17, 15) is 14.4 Å². The summed E-state index contributed by atoms with van der Waals surface area (Å²) in [6.45, 7) is 0.174. The van der Waals surface area contributed by atoms with Crippen LogP contribution in [0.25, 0.3) is 0 Å². The Morgan fingerprint density at radius 1 is 1.11 bits per heavy atom. The van der Waals surface area contributed by atoms with Crippen molar-refractivity contribution in [3.8, 4) is 0 Å². The SMILES string of the molecule is O=C(NCc1ccc(Cl)cc1Cl)C1CCC(=O)N1C(=O)Nc1ccccc1. The lowest BCUT2D eigenvalue weighted by Gasteiger charge is -2.22. The van der Waals surface area contributed by atoms with Crippen molar-refractivity contribution in [3.63, 3.8) is 0 Å². The Balaban J connectivity index is 1.65. The molecule has 2 aromatic carbocycles. The lowest BCUT2D eigenvalue weighted by molar-refractivity contribution is -0.132. The number of rotatable bonds is 4. The van der Waals surface area contributed by atoms with Crippen LogP contribution in [0.5, 0.6) is 0 Å². The third-order valence-electron chi connectivity index (χ3n) is 4.23. The van der Waals surface area contributed by atoms with E-state index in [4.69, 9.17) is 23.2 Å².